The molecule has 0 bridgehead atoms. The third-order valence-corrected chi connectivity index (χ3v) is 3.73. The van der Waals surface area contributed by atoms with E-state index >= 15 is 0 Å². The summed E-state index contributed by atoms with van der Waals surface area (Å²) < 4.78 is 5.97. The molecule has 0 aliphatic heterocycles. The Morgan fingerprint density at radius 3 is 2.64 bits per heavy atom. The van der Waals surface area contributed by atoms with E-state index < -0.39 is 0 Å². The predicted octanol–water partition coefficient (Wildman–Crippen LogP) is 3.86. The van der Waals surface area contributed by atoms with Crippen molar-refractivity contribution in [3.8, 4) is 5.75 Å². The minimum absolute atomic E-state index is 0.152. The van der Waals surface area contributed by atoms with Crippen LogP contribution in [0.5, 0.6) is 5.75 Å². The first-order valence-corrected chi connectivity index (χ1v) is 7.47. The number of aromatic amines is 1. The highest BCUT2D eigenvalue weighted by molar-refractivity contribution is 9.10. The van der Waals surface area contributed by atoms with Crippen molar-refractivity contribution >= 4 is 39.0 Å². The molecule has 5 heteroatoms. The summed E-state index contributed by atoms with van der Waals surface area (Å²) in [6.45, 7) is 0. The van der Waals surface area contributed by atoms with E-state index in [1.807, 2.05) is 42.5 Å². The quantitative estimate of drug-likeness (QED) is 0.774. The fraction of sp³-hybridized carbons (Fsp3) is 0.0588. The first kappa shape index (κ1) is 14.5. The predicted molar refractivity (Wildman–Crippen MR) is 92.0 cm³/mol. The number of H-pyrrole nitrogens is 1. The van der Waals surface area contributed by atoms with Gasteiger partial charge in [0.05, 0.1) is 18.0 Å². The monoisotopic (exact) mass is 356 g/mol. The zero-order valence-electron chi connectivity index (χ0n) is 11.8. The normalized spacial score (nSPS) is 11.2. The van der Waals surface area contributed by atoms with Crippen LogP contribution in [0.3, 0.4) is 0 Å². The molecule has 0 amide bonds. The molecule has 0 fully saturated rings. The number of hydrogen-bond donors (Lipinski definition) is 1. The highest BCUT2D eigenvalue weighted by atomic mass is 79.9. The van der Waals surface area contributed by atoms with Crippen molar-refractivity contribution in [3.63, 3.8) is 0 Å². The van der Waals surface area contributed by atoms with Crippen molar-refractivity contribution in [2.45, 2.75) is 0 Å². The second-order valence-electron chi connectivity index (χ2n) is 4.72. The Morgan fingerprint density at radius 2 is 1.91 bits per heavy atom. The number of ether oxygens (including phenoxy) is 1. The van der Waals surface area contributed by atoms with Gasteiger partial charge in [-0.2, -0.15) is 0 Å². The summed E-state index contributed by atoms with van der Waals surface area (Å²) >= 11 is 3.35. The van der Waals surface area contributed by atoms with Gasteiger partial charge in [0.25, 0.3) is 5.56 Å². The van der Waals surface area contributed by atoms with E-state index in [9.17, 15) is 4.79 Å². The first-order chi connectivity index (χ1) is 10.7. The molecular weight excluding hydrogens is 344 g/mol. The van der Waals surface area contributed by atoms with E-state index in [1.54, 1.807) is 19.3 Å². The van der Waals surface area contributed by atoms with E-state index in [-0.39, 0.29) is 5.56 Å². The molecule has 0 aliphatic carbocycles. The maximum atomic E-state index is 12.1. The molecule has 0 saturated carbocycles. The maximum Gasteiger partial charge on any atom is 0.259 e. The van der Waals surface area contributed by atoms with Crippen LogP contribution in [0.2, 0.25) is 0 Å². The summed E-state index contributed by atoms with van der Waals surface area (Å²) in [5.74, 6) is 1.33. The van der Waals surface area contributed by atoms with Crippen LogP contribution < -0.4 is 10.3 Å². The van der Waals surface area contributed by atoms with E-state index in [2.05, 4.69) is 25.9 Å². The van der Waals surface area contributed by atoms with E-state index in [4.69, 9.17) is 4.74 Å². The van der Waals surface area contributed by atoms with Crippen molar-refractivity contribution in [1.29, 1.82) is 0 Å². The molecule has 2 aromatic carbocycles. The average Bonchev–Trinajstić information content (AvgIpc) is 2.54. The van der Waals surface area contributed by atoms with Gasteiger partial charge in [-0.05, 0) is 42.0 Å². The Balaban J connectivity index is 1.94. The standard InChI is InChI=1S/C17H13BrN2O2/c1-22-13-6-2-11(3-7-13)4-9-16-19-15-8-5-12(18)10-14(15)17(21)20-16/h2-10H,1H3,(H,19,20,21)/b9-4+. The Hall–Kier alpha value is -2.40. The minimum Gasteiger partial charge on any atom is -0.497 e. The molecule has 3 aromatic rings. The Bertz CT molecular complexity index is 899. The SMILES string of the molecule is COc1ccc(/C=C/c2nc3ccc(Br)cc3c(=O)[nH]2)cc1. The second kappa shape index (κ2) is 6.15. The largest absolute Gasteiger partial charge is 0.497 e. The number of methoxy groups -OCH3 is 1. The van der Waals surface area contributed by atoms with Crippen LogP contribution in [-0.2, 0) is 0 Å². The number of halogens is 1. The molecule has 0 saturated heterocycles. The van der Waals surface area contributed by atoms with Crippen LogP contribution >= 0.6 is 15.9 Å². The van der Waals surface area contributed by atoms with Crippen LogP contribution in [0, 0.1) is 0 Å². The number of nitrogens with zero attached hydrogens (tertiary/aromatic N) is 1. The number of nitrogens with one attached hydrogen (secondary N) is 1. The molecule has 110 valence electrons. The smallest absolute Gasteiger partial charge is 0.259 e. The maximum absolute atomic E-state index is 12.1. The van der Waals surface area contributed by atoms with Gasteiger partial charge in [0.1, 0.15) is 11.6 Å². The van der Waals surface area contributed by atoms with Crippen molar-refractivity contribution < 1.29 is 4.74 Å². The van der Waals surface area contributed by atoms with Crippen LogP contribution in [0.15, 0.2) is 51.7 Å². The van der Waals surface area contributed by atoms with Crippen molar-refractivity contribution in [2.75, 3.05) is 7.11 Å². The summed E-state index contributed by atoms with van der Waals surface area (Å²) in [5.41, 5.74) is 1.52. The van der Waals surface area contributed by atoms with E-state index in [0.717, 1.165) is 15.8 Å². The summed E-state index contributed by atoms with van der Waals surface area (Å²) in [6.07, 6.45) is 3.67. The van der Waals surface area contributed by atoms with Crippen LogP contribution in [0.25, 0.3) is 23.1 Å². The zero-order valence-corrected chi connectivity index (χ0v) is 13.4. The molecule has 1 N–H and O–H groups in total. The summed E-state index contributed by atoms with van der Waals surface area (Å²) in [5, 5.41) is 0.566. The molecule has 22 heavy (non-hydrogen) atoms. The molecule has 0 atom stereocenters. The molecule has 0 radical (unpaired) electrons. The fourth-order valence-electron chi connectivity index (χ4n) is 2.10. The molecule has 1 aromatic heterocycles. The lowest BCUT2D eigenvalue weighted by Crippen LogP contribution is -2.09. The average molecular weight is 357 g/mol. The molecule has 0 aliphatic rings. The van der Waals surface area contributed by atoms with E-state index in [0.29, 0.717) is 16.7 Å². The van der Waals surface area contributed by atoms with Crippen molar-refractivity contribution in [2.24, 2.45) is 0 Å². The molecule has 0 unspecified atom stereocenters. The van der Waals surface area contributed by atoms with Gasteiger partial charge in [0.15, 0.2) is 0 Å². The van der Waals surface area contributed by atoms with Crippen molar-refractivity contribution in [3.05, 3.63) is 68.7 Å². The second-order valence-corrected chi connectivity index (χ2v) is 5.63. The third-order valence-electron chi connectivity index (χ3n) is 3.24. The molecule has 0 spiro atoms. The summed E-state index contributed by atoms with van der Waals surface area (Å²) in [4.78, 5) is 19.3. The third kappa shape index (κ3) is 3.09. The number of hydrogen-bond acceptors (Lipinski definition) is 3. The molecule has 1 heterocycles. The van der Waals surface area contributed by atoms with Gasteiger partial charge < -0.3 is 9.72 Å². The van der Waals surface area contributed by atoms with Crippen LogP contribution in [0.4, 0.5) is 0 Å². The van der Waals surface area contributed by atoms with Gasteiger partial charge in [-0.1, -0.05) is 34.1 Å². The van der Waals surface area contributed by atoms with Gasteiger partial charge in [0.2, 0.25) is 0 Å². The highest BCUT2D eigenvalue weighted by Crippen LogP contribution is 2.16. The topological polar surface area (TPSA) is 55.0 Å². The van der Waals surface area contributed by atoms with E-state index in [1.165, 1.54) is 0 Å². The summed E-state index contributed by atoms with van der Waals surface area (Å²) in [6, 6.07) is 13.1. The highest BCUT2D eigenvalue weighted by Gasteiger charge is 2.02. The summed E-state index contributed by atoms with van der Waals surface area (Å²) in [7, 11) is 1.63. The van der Waals surface area contributed by atoms with Crippen LogP contribution in [-0.4, -0.2) is 17.1 Å². The van der Waals surface area contributed by atoms with Crippen LogP contribution in [0.1, 0.15) is 11.4 Å². The first-order valence-electron chi connectivity index (χ1n) is 6.67. The lowest BCUT2D eigenvalue weighted by molar-refractivity contribution is 0.415. The molecule has 3 rings (SSSR count). The lowest BCUT2D eigenvalue weighted by atomic mass is 10.2. The molecule has 4 nitrogen and oxygen atoms in total. The number of rotatable bonds is 3. The van der Waals surface area contributed by atoms with Gasteiger partial charge in [-0.15, -0.1) is 0 Å². The Morgan fingerprint density at radius 1 is 1.14 bits per heavy atom. The van der Waals surface area contributed by atoms with Gasteiger partial charge >= 0.3 is 0 Å². The minimum atomic E-state index is -0.152. The fourth-order valence-corrected chi connectivity index (χ4v) is 2.46. The van der Waals surface area contributed by atoms with Gasteiger partial charge in [-0.3, -0.25) is 4.79 Å². The number of aromatic nitrogens is 2. The zero-order chi connectivity index (χ0) is 15.5. The number of benzene rings is 2. The lowest BCUT2D eigenvalue weighted by Gasteiger charge is -2.01. The molecular formula is C17H13BrN2O2. The van der Waals surface area contributed by atoms with Crippen molar-refractivity contribution in [1.82, 2.24) is 9.97 Å². The van der Waals surface area contributed by atoms with Gasteiger partial charge in [-0.25, -0.2) is 4.98 Å². The Labute approximate surface area is 135 Å². The van der Waals surface area contributed by atoms with Gasteiger partial charge in [0, 0.05) is 4.47 Å². The number of fused-ring (bicyclic) bond motifs is 1. The Kier molecular flexibility index (Phi) is 4.06.